The van der Waals surface area contributed by atoms with E-state index in [1.165, 1.54) is 24.2 Å². The van der Waals surface area contributed by atoms with Crippen molar-refractivity contribution in [1.82, 2.24) is 4.98 Å². The zero-order valence-electron chi connectivity index (χ0n) is 10.5. The van der Waals surface area contributed by atoms with Crippen molar-refractivity contribution in [2.75, 3.05) is 11.4 Å². The molecule has 0 atom stereocenters. The number of aromatic nitrogens is 1. The summed E-state index contributed by atoms with van der Waals surface area (Å²) in [4.78, 5) is 6.46. The van der Waals surface area contributed by atoms with Gasteiger partial charge in [-0.25, -0.2) is 0 Å². The number of hydrogen-bond donors (Lipinski definition) is 0. The van der Waals surface area contributed by atoms with E-state index in [9.17, 15) is 0 Å². The van der Waals surface area contributed by atoms with E-state index in [2.05, 4.69) is 57.0 Å². The molecule has 0 bridgehead atoms. The molecule has 2 nitrogen and oxygen atoms in total. The molecule has 2 aromatic rings. The van der Waals surface area contributed by atoms with Crippen LogP contribution in [0.1, 0.15) is 19.8 Å². The third-order valence-corrected chi connectivity index (χ3v) is 3.46. The number of hydrogen-bond acceptors (Lipinski definition) is 2. The summed E-state index contributed by atoms with van der Waals surface area (Å²) in [5.74, 6) is 0. The number of unbranched alkanes of at least 4 members (excludes halogenated alkanes) is 1. The maximum absolute atomic E-state index is 4.13. The van der Waals surface area contributed by atoms with Gasteiger partial charge in [-0.15, -0.1) is 0 Å². The minimum atomic E-state index is 1.02. The van der Waals surface area contributed by atoms with Gasteiger partial charge < -0.3 is 4.90 Å². The molecule has 3 heteroatoms. The zero-order valence-corrected chi connectivity index (χ0v) is 12.1. The Bertz CT molecular complexity index is 485. The third-order valence-electron chi connectivity index (χ3n) is 2.84. The van der Waals surface area contributed by atoms with Gasteiger partial charge in [0.2, 0.25) is 0 Å². The lowest BCUT2D eigenvalue weighted by atomic mass is 10.2. The Hall–Kier alpha value is -1.35. The number of para-hydroxylation sites is 1. The molecule has 1 aromatic heterocycles. The Kier molecular flexibility index (Phi) is 4.76. The van der Waals surface area contributed by atoms with Crippen LogP contribution < -0.4 is 4.90 Å². The van der Waals surface area contributed by atoms with Gasteiger partial charge >= 0.3 is 0 Å². The largest absolute Gasteiger partial charge is 0.340 e. The van der Waals surface area contributed by atoms with Gasteiger partial charge in [0.15, 0.2) is 0 Å². The first-order chi connectivity index (χ1) is 8.83. The van der Waals surface area contributed by atoms with Crippen LogP contribution in [0.3, 0.4) is 0 Å². The van der Waals surface area contributed by atoms with Crippen LogP contribution in [-0.4, -0.2) is 11.5 Å². The van der Waals surface area contributed by atoms with E-state index in [0.717, 1.165) is 11.0 Å². The molecule has 0 amide bonds. The van der Waals surface area contributed by atoms with Crippen LogP contribution in [0, 0.1) is 0 Å². The summed E-state index contributed by atoms with van der Waals surface area (Å²) in [7, 11) is 0. The summed E-state index contributed by atoms with van der Waals surface area (Å²) in [6, 6.07) is 12.5. The predicted octanol–water partition coefficient (Wildman–Crippen LogP) is 4.78. The molecule has 0 N–H and O–H groups in total. The fourth-order valence-corrected chi connectivity index (χ4v) is 2.36. The van der Waals surface area contributed by atoms with Gasteiger partial charge in [-0.05, 0) is 40.5 Å². The van der Waals surface area contributed by atoms with Gasteiger partial charge in [-0.3, -0.25) is 4.98 Å². The highest BCUT2D eigenvalue weighted by atomic mass is 79.9. The molecule has 0 aliphatic rings. The lowest BCUT2D eigenvalue weighted by Crippen LogP contribution is -2.18. The number of pyridine rings is 1. The molecule has 0 aliphatic carbocycles. The maximum atomic E-state index is 4.13. The quantitative estimate of drug-likeness (QED) is 0.790. The minimum absolute atomic E-state index is 1.02. The molecule has 0 saturated carbocycles. The topological polar surface area (TPSA) is 16.1 Å². The normalized spacial score (nSPS) is 10.3. The molecule has 1 aromatic carbocycles. The van der Waals surface area contributed by atoms with Crippen molar-refractivity contribution in [1.29, 1.82) is 0 Å². The summed E-state index contributed by atoms with van der Waals surface area (Å²) in [6.45, 7) is 3.23. The fourth-order valence-electron chi connectivity index (χ4n) is 1.90. The Morgan fingerprint density at radius 2 is 1.94 bits per heavy atom. The van der Waals surface area contributed by atoms with E-state index in [-0.39, 0.29) is 0 Å². The average Bonchev–Trinajstić information content (AvgIpc) is 2.42. The second-order valence-corrected chi connectivity index (χ2v) is 5.02. The predicted molar refractivity (Wildman–Crippen MR) is 80.3 cm³/mol. The Morgan fingerprint density at radius 1 is 1.17 bits per heavy atom. The van der Waals surface area contributed by atoms with Crippen LogP contribution in [0.5, 0.6) is 0 Å². The molecule has 94 valence electrons. The van der Waals surface area contributed by atoms with Gasteiger partial charge in [-0.1, -0.05) is 31.5 Å². The molecule has 0 saturated heterocycles. The highest BCUT2D eigenvalue weighted by Crippen LogP contribution is 2.31. The molecular formula is C15H17BrN2. The van der Waals surface area contributed by atoms with Crippen LogP contribution in [0.4, 0.5) is 11.4 Å². The molecule has 0 spiro atoms. The van der Waals surface area contributed by atoms with Crippen LogP contribution in [0.2, 0.25) is 0 Å². The number of benzene rings is 1. The van der Waals surface area contributed by atoms with Crippen molar-refractivity contribution in [3.8, 4) is 0 Å². The van der Waals surface area contributed by atoms with Gasteiger partial charge in [0.25, 0.3) is 0 Å². The van der Waals surface area contributed by atoms with E-state index in [0.29, 0.717) is 0 Å². The van der Waals surface area contributed by atoms with E-state index >= 15 is 0 Å². The zero-order chi connectivity index (χ0) is 12.8. The number of rotatable bonds is 5. The SMILES string of the molecule is CCCCN(c1ccccc1)c1ccncc1Br. The van der Waals surface area contributed by atoms with Crippen LogP contribution in [-0.2, 0) is 0 Å². The van der Waals surface area contributed by atoms with Crippen molar-refractivity contribution in [2.24, 2.45) is 0 Å². The standard InChI is InChI=1S/C15H17BrN2/c1-2-3-11-18(13-7-5-4-6-8-13)15-9-10-17-12-14(15)16/h4-10,12H,2-3,11H2,1H3. The lowest BCUT2D eigenvalue weighted by Gasteiger charge is -2.25. The van der Waals surface area contributed by atoms with Crippen molar-refractivity contribution in [2.45, 2.75) is 19.8 Å². The first-order valence-electron chi connectivity index (χ1n) is 6.25. The smallest absolute Gasteiger partial charge is 0.0595 e. The van der Waals surface area contributed by atoms with Crippen molar-refractivity contribution in [3.05, 3.63) is 53.3 Å². The van der Waals surface area contributed by atoms with Crippen LogP contribution in [0.15, 0.2) is 53.3 Å². The molecular weight excluding hydrogens is 288 g/mol. The van der Waals surface area contributed by atoms with Crippen LogP contribution >= 0.6 is 15.9 Å². The second-order valence-electron chi connectivity index (χ2n) is 4.17. The first-order valence-corrected chi connectivity index (χ1v) is 7.04. The van der Waals surface area contributed by atoms with E-state index < -0.39 is 0 Å². The average molecular weight is 305 g/mol. The monoisotopic (exact) mass is 304 g/mol. The molecule has 0 aliphatic heterocycles. The highest BCUT2D eigenvalue weighted by Gasteiger charge is 2.11. The molecule has 18 heavy (non-hydrogen) atoms. The summed E-state index contributed by atoms with van der Waals surface area (Å²) in [5, 5.41) is 0. The summed E-state index contributed by atoms with van der Waals surface area (Å²) in [6.07, 6.45) is 6.04. The highest BCUT2D eigenvalue weighted by molar-refractivity contribution is 9.10. The van der Waals surface area contributed by atoms with Crippen molar-refractivity contribution < 1.29 is 0 Å². The number of nitrogens with zero attached hydrogens (tertiary/aromatic N) is 2. The molecule has 2 rings (SSSR count). The van der Waals surface area contributed by atoms with Crippen LogP contribution in [0.25, 0.3) is 0 Å². The van der Waals surface area contributed by atoms with Gasteiger partial charge in [0.1, 0.15) is 0 Å². The Balaban J connectivity index is 2.34. The van der Waals surface area contributed by atoms with E-state index in [1.807, 2.05) is 24.5 Å². The Labute approximate surface area is 117 Å². The molecule has 0 radical (unpaired) electrons. The number of anilines is 2. The summed E-state index contributed by atoms with van der Waals surface area (Å²) in [5.41, 5.74) is 2.39. The summed E-state index contributed by atoms with van der Waals surface area (Å²) < 4.78 is 1.03. The van der Waals surface area contributed by atoms with E-state index in [1.54, 1.807) is 0 Å². The fraction of sp³-hybridized carbons (Fsp3) is 0.267. The van der Waals surface area contributed by atoms with Crippen molar-refractivity contribution in [3.63, 3.8) is 0 Å². The van der Waals surface area contributed by atoms with Gasteiger partial charge in [0, 0.05) is 24.6 Å². The molecule has 0 unspecified atom stereocenters. The first kappa shape index (κ1) is 13.1. The minimum Gasteiger partial charge on any atom is -0.340 e. The number of halogens is 1. The van der Waals surface area contributed by atoms with Gasteiger partial charge in [0.05, 0.1) is 10.2 Å². The molecule has 0 fully saturated rings. The second kappa shape index (κ2) is 6.55. The third kappa shape index (κ3) is 3.10. The molecule has 1 heterocycles. The lowest BCUT2D eigenvalue weighted by molar-refractivity contribution is 0.784. The Morgan fingerprint density at radius 3 is 2.61 bits per heavy atom. The van der Waals surface area contributed by atoms with E-state index in [4.69, 9.17) is 0 Å². The van der Waals surface area contributed by atoms with Crippen molar-refractivity contribution >= 4 is 27.3 Å². The van der Waals surface area contributed by atoms with Gasteiger partial charge in [-0.2, -0.15) is 0 Å². The summed E-state index contributed by atoms with van der Waals surface area (Å²) >= 11 is 3.58. The maximum Gasteiger partial charge on any atom is 0.0595 e.